The van der Waals surface area contributed by atoms with Gasteiger partial charge in [0.25, 0.3) is 0 Å². The van der Waals surface area contributed by atoms with Crippen molar-refractivity contribution in [3.05, 3.63) is 59.1 Å². The van der Waals surface area contributed by atoms with Gasteiger partial charge in [-0.2, -0.15) is 0 Å². The third-order valence-corrected chi connectivity index (χ3v) is 1.85. The largest absolute Gasteiger partial charge is 0.503 e. The van der Waals surface area contributed by atoms with Gasteiger partial charge in [-0.05, 0) is 12.5 Å². The maximum Gasteiger partial charge on any atom is 0.223 e. The van der Waals surface area contributed by atoms with Gasteiger partial charge in [-0.15, -0.1) is 0 Å². The van der Waals surface area contributed by atoms with Crippen LogP contribution in [0.1, 0.15) is 12.6 Å². The standard InChI is InChI=1S/C12H13NO2/c1-3-5-9(6-4-2)10-7-11(14)12(15)8-13-10/h3-8,15H,1H2,2H3,(H,13,14)/b6-4-,9-5+. The summed E-state index contributed by atoms with van der Waals surface area (Å²) >= 11 is 0. The fourth-order valence-corrected chi connectivity index (χ4v) is 1.17. The molecule has 15 heavy (non-hydrogen) atoms. The quantitative estimate of drug-likeness (QED) is 0.740. The molecular formula is C12H13NO2. The van der Waals surface area contributed by atoms with Gasteiger partial charge in [-0.25, -0.2) is 0 Å². The zero-order valence-electron chi connectivity index (χ0n) is 8.53. The molecule has 0 spiro atoms. The van der Waals surface area contributed by atoms with E-state index < -0.39 is 5.43 Å². The van der Waals surface area contributed by atoms with E-state index in [-0.39, 0.29) is 5.75 Å². The highest BCUT2D eigenvalue weighted by Crippen LogP contribution is 2.13. The van der Waals surface area contributed by atoms with Gasteiger partial charge in [-0.3, -0.25) is 4.79 Å². The summed E-state index contributed by atoms with van der Waals surface area (Å²) in [5.41, 5.74) is 1.09. The minimum absolute atomic E-state index is 0.280. The van der Waals surface area contributed by atoms with E-state index in [1.54, 1.807) is 12.2 Å². The first kappa shape index (κ1) is 11.0. The molecule has 0 aliphatic heterocycles. The molecule has 3 nitrogen and oxygen atoms in total. The van der Waals surface area contributed by atoms with Crippen LogP contribution in [0.5, 0.6) is 5.75 Å². The second kappa shape index (κ2) is 5.00. The molecule has 0 saturated carbocycles. The number of hydrogen-bond acceptors (Lipinski definition) is 2. The molecule has 0 bridgehead atoms. The minimum atomic E-state index is -0.400. The van der Waals surface area contributed by atoms with Gasteiger partial charge in [0.2, 0.25) is 5.43 Å². The maximum atomic E-state index is 11.2. The summed E-state index contributed by atoms with van der Waals surface area (Å²) in [5, 5.41) is 9.08. The molecule has 1 rings (SSSR count). The van der Waals surface area contributed by atoms with Gasteiger partial charge >= 0.3 is 0 Å². The number of allylic oxidation sites excluding steroid dienone is 5. The second-order valence-corrected chi connectivity index (χ2v) is 2.95. The van der Waals surface area contributed by atoms with Crippen LogP contribution in [0.4, 0.5) is 0 Å². The van der Waals surface area contributed by atoms with Crippen LogP contribution in [0.25, 0.3) is 5.57 Å². The van der Waals surface area contributed by atoms with Crippen molar-refractivity contribution < 1.29 is 5.11 Å². The van der Waals surface area contributed by atoms with Crippen molar-refractivity contribution in [2.24, 2.45) is 0 Å². The SMILES string of the molecule is C=C/C=C(\C=C/C)c1cc(=O)c(O)c[nH]1. The molecule has 1 aromatic rings. The number of rotatable bonds is 3. The van der Waals surface area contributed by atoms with E-state index in [4.69, 9.17) is 5.11 Å². The van der Waals surface area contributed by atoms with Crippen LogP contribution in [-0.4, -0.2) is 10.1 Å². The summed E-state index contributed by atoms with van der Waals surface area (Å²) in [5.74, 6) is -0.280. The molecule has 1 heterocycles. The number of hydrogen-bond donors (Lipinski definition) is 2. The Morgan fingerprint density at radius 1 is 1.60 bits per heavy atom. The molecule has 0 aliphatic carbocycles. The Hall–Kier alpha value is -2.03. The third-order valence-electron chi connectivity index (χ3n) is 1.85. The number of nitrogens with one attached hydrogen (secondary N) is 1. The third kappa shape index (κ3) is 2.71. The average molecular weight is 203 g/mol. The highest BCUT2D eigenvalue weighted by Gasteiger charge is 2.01. The zero-order chi connectivity index (χ0) is 11.3. The fraction of sp³-hybridized carbons (Fsp3) is 0.0833. The molecule has 78 valence electrons. The van der Waals surface area contributed by atoms with Gasteiger partial charge in [-0.1, -0.05) is 30.9 Å². The van der Waals surface area contributed by atoms with E-state index in [2.05, 4.69) is 11.6 Å². The predicted molar refractivity (Wildman–Crippen MR) is 61.7 cm³/mol. The first-order valence-corrected chi connectivity index (χ1v) is 4.56. The Morgan fingerprint density at radius 3 is 2.87 bits per heavy atom. The van der Waals surface area contributed by atoms with Crippen LogP contribution in [0, 0.1) is 0 Å². The molecule has 0 amide bonds. The first-order chi connectivity index (χ1) is 7.19. The summed E-state index contributed by atoms with van der Waals surface area (Å²) < 4.78 is 0. The zero-order valence-corrected chi connectivity index (χ0v) is 8.53. The molecule has 1 aromatic heterocycles. The normalized spacial score (nSPS) is 11.9. The molecule has 0 atom stereocenters. The van der Waals surface area contributed by atoms with Gasteiger partial charge < -0.3 is 10.1 Å². The number of aromatic nitrogens is 1. The lowest BCUT2D eigenvalue weighted by molar-refractivity contribution is 0.467. The van der Waals surface area contributed by atoms with Gasteiger partial charge in [0.05, 0.1) is 0 Å². The summed E-state index contributed by atoms with van der Waals surface area (Å²) in [7, 11) is 0. The Kier molecular flexibility index (Phi) is 3.68. The van der Waals surface area contributed by atoms with E-state index in [1.807, 2.05) is 19.1 Å². The maximum absolute atomic E-state index is 11.2. The minimum Gasteiger partial charge on any atom is -0.503 e. The van der Waals surface area contributed by atoms with Crippen LogP contribution >= 0.6 is 0 Å². The van der Waals surface area contributed by atoms with Crippen LogP contribution in [0.3, 0.4) is 0 Å². The number of aromatic hydroxyl groups is 1. The molecule has 0 fully saturated rings. The van der Waals surface area contributed by atoms with Crippen LogP contribution in [0.15, 0.2) is 47.9 Å². The smallest absolute Gasteiger partial charge is 0.223 e. The topological polar surface area (TPSA) is 53.1 Å². The summed E-state index contributed by atoms with van der Waals surface area (Å²) in [4.78, 5) is 14.0. The molecule has 3 heteroatoms. The van der Waals surface area contributed by atoms with Crippen LogP contribution < -0.4 is 5.43 Å². The molecule has 0 unspecified atom stereocenters. The molecule has 0 saturated heterocycles. The molecular weight excluding hydrogens is 190 g/mol. The fourth-order valence-electron chi connectivity index (χ4n) is 1.17. The van der Waals surface area contributed by atoms with Gasteiger partial charge in [0.1, 0.15) is 0 Å². The van der Waals surface area contributed by atoms with Crippen LogP contribution in [-0.2, 0) is 0 Å². The summed E-state index contributed by atoms with van der Waals surface area (Å²) in [6.45, 7) is 5.48. The lowest BCUT2D eigenvalue weighted by atomic mass is 10.1. The Bertz CT molecular complexity index is 467. The number of H-pyrrole nitrogens is 1. The van der Waals surface area contributed by atoms with Crippen molar-refractivity contribution in [3.63, 3.8) is 0 Å². The second-order valence-electron chi connectivity index (χ2n) is 2.95. The van der Waals surface area contributed by atoms with Crippen molar-refractivity contribution >= 4 is 5.57 Å². The van der Waals surface area contributed by atoms with Gasteiger partial charge in [0, 0.05) is 18.0 Å². The Morgan fingerprint density at radius 2 is 2.33 bits per heavy atom. The summed E-state index contributed by atoms with van der Waals surface area (Å²) in [6.07, 6.45) is 8.41. The van der Waals surface area contributed by atoms with E-state index in [9.17, 15) is 4.79 Å². The first-order valence-electron chi connectivity index (χ1n) is 4.56. The van der Waals surface area contributed by atoms with Crippen molar-refractivity contribution in [2.75, 3.05) is 0 Å². The lowest BCUT2D eigenvalue weighted by Crippen LogP contribution is -2.01. The van der Waals surface area contributed by atoms with Crippen molar-refractivity contribution in [1.82, 2.24) is 4.98 Å². The monoisotopic (exact) mass is 203 g/mol. The van der Waals surface area contributed by atoms with E-state index in [0.29, 0.717) is 5.69 Å². The van der Waals surface area contributed by atoms with E-state index in [0.717, 1.165) is 5.57 Å². The van der Waals surface area contributed by atoms with Crippen molar-refractivity contribution in [3.8, 4) is 5.75 Å². The molecule has 0 aliphatic rings. The van der Waals surface area contributed by atoms with Crippen LogP contribution in [0.2, 0.25) is 0 Å². The van der Waals surface area contributed by atoms with Crippen molar-refractivity contribution in [2.45, 2.75) is 6.92 Å². The lowest BCUT2D eigenvalue weighted by Gasteiger charge is -2.01. The van der Waals surface area contributed by atoms with Gasteiger partial charge in [0.15, 0.2) is 5.75 Å². The Balaban J connectivity index is 3.24. The van der Waals surface area contributed by atoms with E-state index in [1.165, 1.54) is 12.3 Å². The highest BCUT2D eigenvalue weighted by atomic mass is 16.3. The van der Waals surface area contributed by atoms with E-state index >= 15 is 0 Å². The summed E-state index contributed by atoms with van der Waals surface area (Å²) in [6, 6.07) is 1.35. The molecule has 0 radical (unpaired) electrons. The molecule has 0 aromatic carbocycles. The number of pyridine rings is 1. The number of aromatic amines is 1. The highest BCUT2D eigenvalue weighted by molar-refractivity contribution is 5.72. The molecule has 2 N–H and O–H groups in total. The Labute approximate surface area is 88.1 Å². The van der Waals surface area contributed by atoms with Crippen molar-refractivity contribution in [1.29, 1.82) is 0 Å². The predicted octanol–water partition coefficient (Wildman–Crippen LogP) is 2.23. The average Bonchev–Trinajstić information content (AvgIpc) is 2.22.